The molecule has 0 aromatic carbocycles. The van der Waals surface area contributed by atoms with Crippen molar-refractivity contribution in [1.29, 1.82) is 0 Å². The molecular weight excluding hydrogens is 318 g/mol. The van der Waals surface area contributed by atoms with E-state index in [1.165, 1.54) is 6.26 Å². The molecule has 0 bridgehead atoms. The van der Waals surface area contributed by atoms with Gasteiger partial charge in [0.25, 0.3) is 5.91 Å². The molecule has 0 spiro atoms. The first-order valence-corrected chi connectivity index (χ1v) is 7.90. The Labute approximate surface area is 143 Å². The molecule has 6 nitrogen and oxygen atoms in total. The maximum atomic E-state index is 12.4. The minimum atomic E-state index is -0.561. The average Bonchev–Trinajstić information content (AvgIpc) is 3.05. The van der Waals surface area contributed by atoms with Gasteiger partial charge in [-0.25, -0.2) is 0 Å². The molecule has 130 valence electrons. The number of amides is 2. The van der Waals surface area contributed by atoms with Gasteiger partial charge in [0.2, 0.25) is 5.91 Å². The van der Waals surface area contributed by atoms with Crippen LogP contribution in [-0.2, 0) is 4.79 Å². The normalized spacial score (nSPS) is 18.8. The number of nitrogens with one attached hydrogen (secondary N) is 3. The first kappa shape index (κ1) is 19.5. The van der Waals surface area contributed by atoms with Gasteiger partial charge < -0.3 is 20.4 Å². The van der Waals surface area contributed by atoms with Crippen LogP contribution in [0.3, 0.4) is 0 Å². The summed E-state index contributed by atoms with van der Waals surface area (Å²) in [5.41, 5.74) is 0. The molecule has 1 aromatic rings. The van der Waals surface area contributed by atoms with Crippen LogP contribution in [0.2, 0.25) is 0 Å². The van der Waals surface area contributed by atoms with Gasteiger partial charge in [0.15, 0.2) is 5.76 Å². The largest absolute Gasteiger partial charge is 0.459 e. The van der Waals surface area contributed by atoms with Crippen molar-refractivity contribution in [3.8, 4) is 0 Å². The lowest BCUT2D eigenvalue weighted by Crippen LogP contribution is -2.51. The molecule has 0 aliphatic carbocycles. The first-order chi connectivity index (χ1) is 10.6. The van der Waals surface area contributed by atoms with Gasteiger partial charge in [-0.2, -0.15) is 0 Å². The van der Waals surface area contributed by atoms with Crippen LogP contribution in [-0.4, -0.2) is 37.5 Å². The Morgan fingerprint density at radius 1 is 1.43 bits per heavy atom. The topological polar surface area (TPSA) is 83.4 Å². The van der Waals surface area contributed by atoms with Gasteiger partial charge in [-0.1, -0.05) is 13.8 Å². The fourth-order valence-electron chi connectivity index (χ4n) is 2.61. The molecule has 23 heavy (non-hydrogen) atoms. The number of carbonyl (C=O) groups is 2. The van der Waals surface area contributed by atoms with E-state index in [-0.39, 0.29) is 35.9 Å². The van der Waals surface area contributed by atoms with Crippen LogP contribution in [0.1, 0.15) is 37.2 Å². The third kappa shape index (κ3) is 5.88. The highest BCUT2D eigenvalue weighted by Gasteiger charge is 2.26. The second-order valence-corrected chi connectivity index (χ2v) is 6.13. The summed E-state index contributed by atoms with van der Waals surface area (Å²) in [5.74, 6) is 0.184. The van der Waals surface area contributed by atoms with E-state index in [1.54, 1.807) is 12.1 Å². The third-order valence-electron chi connectivity index (χ3n) is 3.94. The van der Waals surface area contributed by atoms with Crippen LogP contribution in [0.5, 0.6) is 0 Å². The number of furan rings is 1. The molecule has 2 atom stereocenters. The Balaban J connectivity index is 0.00000264. The molecule has 1 saturated heterocycles. The van der Waals surface area contributed by atoms with Crippen molar-refractivity contribution >= 4 is 24.2 Å². The summed E-state index contributed by atoms with van der Waals surface area (Å²) in [7, 11) is 0. The molecule has 7 heteroatoms. The molecule has 2 rings (SSSR count). The highest BCUT2D eigenvalue weighted by atomic mass is 35.5. The lowest BCUT2D eigenvalue weighted by Gasteiger charge is -2.25. The van der Waals surface area contributed by atoms with Crippen molar-refractivity contribution < 1.29 is 14.0 Å². The fourth-order valence-corrected chi connectivity index (χ4v) is 2.61. The zero-order valence-electron chi connectivity index (χ0n) is 13.6. The van der Waals surface area contributed by atoms with E-state index in [0.29, 0.717) is 12.5 Å². The van der Waals surface area contributed by atoms with Crippen LogP contribution in [0.4, 0.5) is 0 Å². The predicted molar refractivity (Wildman–Crippen MR) is 90.7 cm³/mol. The number of rotatable bonds is 6. The number of hydrogen-bond donors (Lipinski definition) is 3. The smallest absolute Gasteiger partial charge is 0.287 e. The highest BCUT2D eigenvalue weighted by molar-refractivity contribution is 5.95. The van der Waals surface area contributed by atoms with Gasteiger partial charge in [0.1, 0.15) is 6.04 Å². The van der Waals surface area contributed by atoms with Crippen molar-refractivity contribution in [2.75, 3.05) is 19.6 Å². The number of carbonyl (C=O) groups excluding carboxylic acids is 2. The molecule has 0 radical (unpaired) electrons. The number of piperidine rings is 1. The molecule has 0 saturated carbocycles. The SMILES string of the molecule is CC(C)C(NC(=O)c1ccco1)C(=O)NCC1CCCNC1.Cl. The van der Waals surface area contributed by atoms with Gasteiger partial charge in [0, 0.05) is 6.54 Å². The van der Waals surface area contributed by atoms with Crippen LogP contribution in [0, 0.1) is 11.8 Å². The summed E-state index contributed by atoms with van der Waals surface area (Å²) in [5, 5.41) is 9.03. The summed E-state index contributed by atoms with van der Waals surface area (Å²) in [6.45, 7) is 6.46. The Morgan fingerprint density at radius 3 is 2.78 bits per heavy atom. The Bertz CT molecular complexity index is 485. The summed E-state index contributed by atoms with van der Waals surface area (Å²) in [6, 6.07) is 2.67. The molecule has 2 heterocycles. The van der Waals surface area contributed by atoms with Gasteiger partial charge in [-0.05, 0) is 49.9 Å². The van der Waals surface area contributed by atoms with Crippen molar-refractivity contribution in [3.05, 3.63) is 24.2 Å². The molecule has 3 N–H and O–H groups in total. The van der Waals surface area contributed by atoms with Crippen LogP contribution in [0.25, 0.3) is 0 Å². The first-order valence-electron chi connectivity index (χ1n) is 7.90. The van der Waals surface area contributed by atoms with Crippen molar-refractivity contribution in [2.24, 2.45) is 11.8 Å². The lowest BCUT2D eigenvalue weighted by molar-refractivity contribution is -0.124. The van der Waals surface area contributed by atoms with E-state index >= 15 is 0 Å². The molecule has 1 aliphatic heterocycles. The van der Waals surface area contributed by atoms with Crippen molar-refractivity contribution in [2.45, 2.75) is 32.7 Å². The van der Waals surface area contributed by atoms with Gasteiger partial charge in [-0.15, -0.1) is 12.4 Å². The molecular formula is C16H26ClN3O3. The second-order valence-electron chi connectivity index (χ2n) is 6.13. The molecule has 1 aliphatic rings. The predicted octanol–water partition coefficient (Wildman–Crippen LogP) is 1.57. The Kier molecular flexibility index (Phi) is 8.12. The van der Waals surface area contributed by atoms with E-state index in [9.17, 15) is 9.59 Å². The quantitative estimate of drug-likeness (QED) is 0.732. The van der Waals surface area contributed by atoms with Gasteiger partial charge in [0.05, 0.1) is 6.26 Å². The van der Waals surface area contributed by atoms with Crippen LogP contribution >= 0.6 is 12.4 Å². The molecule has 1 aromatic heterocycles. The van der Waals surface area contributed by atoms with E-state index in [2.05, 4.69) is 16.0 Å². The maximum absolute atomic E-state index is 12.4. The van der Waals surface area contributed by atoms with E-state index in [4.69, 9.17) is 4.42 Å². The monoisotopic (exact) mass is 343 g/mol. The minimum absolute atomic E-state index is 0. The van der Waals surface area contributed by atoms with Crippen LogP contribution in [0.15, 0.2) is 22.8 Å². The average molecular weight is 344 g/mol. The van der Waals surface area contributed by atoms with E-state index in [0.717, 1.165) is 25.9 Å². The van der Waals surface area contributed by atoms with E-state index < -0.39 is 6.04 Å². The zero-order valence-corrected chi connectivity index (χ0v) is 14.4. The standard InChI is InChI=1S/C16H25N3O3.ClH/c1-11(2)14(19-15(20)13-6-4-8-22-13)16(21)18-10-12-5-3-7-17-9-12;/h4,6,8,11-12,14,17H,3,5,7,9-10H2,1-2H3,(H,18,21)(H,19,20);1H. The summed E-state index contributed by atoms with van der Waals surface area (Å²) >= 11 is 0. The van der Waals surface area contributed by atoms with Crippen LogP contribution < -0.4 is 16.0 Å². The highest BCUT2D eigenvalue weighted by Crippen LogP contribution is 2.10. The molecule has 1 fully saturated rings. The van der Waals surface area contributed by atoms with Crippen molar-refractivity contribution in [1.82, 2.24) is 16.0 Å². The van der Waals surface area contributed by atoms with E-state index in [1.807, 2.05) is 13.8 Å². The summed E-state index contributed by atoms with van der Waals surface area (Å²) < 4.78 is 5.06. The summed E-state index contributed by atoms with van der Waals surface area (Å²) in [6.07, 6.45) is 3.71. The van der Waals surface area contributed by atoms with Gasteiger partial charge >= 0.3 is 0 Å². The number of halogens is 1. The molecule has 2 amide bonds. The Hall–Kier alpha value is -1.53. The van der Waals surface area contributed by atoms with Gasteiger partial charge in [-0.3, -0.25) is 9.59 Å². The minimum Gasteiger partial charge on any atom is -0.459 e. The number of hydrogen-bond acceptors (Lipinski definition) is 4. The zero-order chi connectivity index (χ0) is 15.9. The summed E-state index contributed by atoms with van der Waals surface area (Å²) in [4.78, 5) is 24.4. The fraction of sp³-hybridized carbons (Fsp3) is 0.625. The second kappa shape index (κ2) is 9.57. The lowest BCUT2D eigenvalue weighted by atomic mass is 9.98. The Morgan fingerprint density at radius 2 is 2.22 bits per heavy atom. The maximum Gasteiger partial charge on any atom is 0.287 e. The van der Waals surface area contributed by atoms with Crippen molar-refractivity contribution in [3.63, 3.8) is 0 Å². The third-order valence-corrected chi connectivity index (χ3v) is 3.94. The molecule has 2 unspecified atom stereocenters.